The van der Waals surface area contributed by atoms with Crippen molar-refractivity contribution in [2.45, 2.75) is 10.9 Å². The van der Waals surface area contributed by atoms with Crippen LogP contribution in [0.15, 0.2) is 65.6 Å². The fraction of sp³-hybridized carbons (Fsp3) is 0.355. The third-order valence-electron chi connectivity index (χ3n) is 7.90. The molecular weight excluding hydrogens is 627 g/mol. The van der Waals surface area contributed by atoms with Gasteiger partial charge in [0.05, 0.1) is 39.9 Å². The van der Waals surface area contributed by atoms with Crippen molar-refractivity contribution in [2.24, 2.45) is 0 Å². The van der Waals surface area contributed by atoms with E-state index in [-0.39, 0.29) is 40.9 Å². The molecule has 0 aliphatic carbocycles. The number of morpholine rings is 1. The lowest BCUT2D eigenvalue weighted by molar-refractivity contribution is -0.133. The Hall–Kier alpha value is -3.19. The average molecular weight is 662 g/mol. The van der Waals surface area contributed by atoms with Crippen LogP contribution in [0, 0.1) is 0 Å². The highest BCUT2D eigenvalue weighted by Gasteiger charge is 2.32. The molecule has 2 aliphatic heterocycles. The van der Waals surface area contributed by atoms with Gasteiger partial charge >= 0.3 is 0 Å². The molecule has 0 aromatic heterocycles. The number of hydrogen-bond acceptors (Lipinski definition) is 7. The second kappa shape index (κ2) is 13.4. The first-order chi connectivity index (χ1) is 21.0. The first-order valence-electron chi connectivity index (χ1n) is 14.1. The molecule has 44 heavy (non-hydrogen) atoms. The van der Waals surface area contributed by atoms with Gasteiger partial charge in [-0.05, 0) is 34.9 Å². The summed E-state index contributed by atoms with van der Waals surface area (Å²) in [4.78, 5) is 32.1. The molecule has 0 saturated carbocycles. The maximum absolute atomic E-state index is 13.8. The Labute approximate surface area is 267 Å². The highest BCUT2D eigenvalue weighted by Crippen LogP contribution is 2.39. The Morgan fingerprint density at radius 3 is 2.14 bits per heavy atom. The van der Waals surface area contributed by atoms with E-state index >= 15 is 0 Å². The predicted octanol–water partition coefficient (Wildman–Crippen LogP) is 4.17. The van der Waals surface area contributed by atoms with Gasteiger partial charge in [0, 0.05) is 46.8 Å². The lowest BCUT2D eigenvalue weighted by Crippen LogP contribution is -2.48. The molecule has 3 aromatic carbocycles. The Bertz CT molecular complexity index is 1630. The topological polar surface area (TPSA) is 99.7 Å². The molecule has 234 valence electrons. The quantitative estimate of drug-likeness (QED) is 0.340. The molecule has 13 heteroatoms. The molecular formula is C31H34Cl2N4O6S. The third kappa shape index (κ3) is 6.88. The molecule has 1 unspecified atom stereocenters. The van der Waals surface area contributed by atoms with Gasteiger partial charge in [-0.15, -0.1) is 0 Å². The van der Waals surface area contributed by atoms with Crippen molar-refractivity contribution in [3.63, 3.8) is 0 Å². The van der Waals surface area contributed by atoms with Gasteiger partial charge < -0.3 is 14.4 Å². The minimum absolute atomic E-state index is 0.191. The third-order valence-corrected chi connectivity index (χ3v) is 10.4. The monoisotopic (exact) mass is 660 g/mol. The van der Waals surface area contributed by atoms with Crippen molar-refractivity contribution >= 4 is 50.7 Å². The molecule has 5 rings (SSSR count). The second-order valence-corrected chi connectivity index (χ2v) is 13.8. The fourth-order valence-corrected chi connectivity index (χ4v) is 6.41. The summed E-state index contributed by atoms with van der Waals surface area (Å²) in [5, 5.41) is 0.556. The van der Waals surface area contributed by atoms with E-state index in [1.807, 2.05) is 24.3 Å². The first-order valence-corrected chi connectivity index (χ1v) is 16.3. The van der Waals surface area contributed by atoms with E-state index in [1.165, 1.54) is 29.4 Å². The van der Waals surface area contributed by atoms with Gasteiger partial charge in [0.2, 0.25) is 15.9 Å². The highest BCUT2D eigenvalue weighted by molar-refractivity contribution is 7.89. The first kappa shape index (κ1) is 32.2. The van der Waals surface area contributed by atoms with E-state index in [2.05, 4.69) is 4.90 Å². The molecule has 0 bridgehead atoms. The maximum atomic E-state index is 13.8. The molecule has 0 N–H and O–H groups in total. The largest absolute Gasteiger partial charge is 0.482 e. The van der Waals surface area contributed by atoms with E-state index in [9.17, 15) is 18.0 Å². The zero-order valence-electron chi connectivity index (χ0n) is 24.7. The van der Waals surface area contributed by atoms with E-state index in [1.54, 1.807) is 42.3 Å². The minimum Gasteiger partial charge on any atom is -0.482 e. The summed E-state index contributed by atoms with van der Waals surface area (Å²) in [7, 11) is 1.22. The minimum atomic E-state index is -3.52. The predicted molar refractivity (Wildman–Crippen MR) is 170 cm³/mol. The van der Waals surface area contributed by atoms with E-state index in [0.29, 0.717) is 36.2 Å². The van der Waals surface area contributed by atoms with Crippen LogP contribution in [0.4, 0.5) is 5.69 Å². The summed E-state index contributed by atoms with van der Waals surface area (Å²) >= 11 is 12.4. The number of carbonyl (C=O) groups excluding carboxylic acids is 2. The van der Waals surface area contributed by atoms with Gasteiger partial charge in [-0.1, -0.05) is 59.6 Å². The summed E-state index contributed by atoms with van der Waals surface area (Å²) in [6.07, 6.45) is 0. The Balaban J connectivity index is 1.38. The summed E-state index contributed by atoms with van der Waals surface area (Å²) < 4.78 is 37.2. The van der Waals surface area contributed by atoms with Crippen LogP contribution >= 0.6 is 23.2 Å². The van der Waals surface area contributed by atoms with Gasteiger partial charge in [0.15, 0.2) is 6.61 Å². The number of hydrogen-bond donors (Lipinski definition) is 0. The number of fused-ring (bicyclic) bond motifs is 1. The Kier molecular flexibility index (Phi) is 9.83. The van der Waals surface area contributed by atoms with Crippen LogP contribution in [0.25, 0.3) is 11.1 Å². The molecule has 2 heterocycles. The van der Waals surface area contributed by atoms with E-state index < -0.39 is 10.0 Å². The average Bonchev–Trinajstić information content (AvgIpc) is 3.02. The van der Waals surface area contributed by atoms with Gasteiger partial charge in [0.1, 0.15) is 12.3 Å². The SMILES string of the molecule is CN(C(=O)CN1C(=O)COc2cc(Cl)c(Cl)cc21)C(CN1CCOCC1)c1ccc(-c2ccc(S(=O)(=O)N(C)C)cc2)cc1. The number of halogens is 2. The second-order valence-electron chi connectivity index (χ2n) is 10.9. The normalized spacial score (nSPS) is 16.4. The molecule has 3 aromatic rings. The number of amides is 2. The summed E-state index contributed by atoms with van der Waals surface area (Å²) in [6, 6.07) is 17.4. The van der Waals surface area contributed by atoms with Crippen molar-refractivity contribution in [1.82, 2.24) is 14.1 Å². The smallest absolute Gasteiger partial charge is 0.265 e. The van der Waals surface area contributed by atoms with Crippen LogP contribution < -0.4 is 9.64 Å². The van der Waals surface area contributed by atoms with Crippen molar-refractivity contribution in [2.75, 3.05) is 72.0 Å². The zero-order valence-corrected chi connectivity index (χ0v) is 27.0. The lowest BCUT2D eigenvalue weighted by atomic mass is 9.99. The molecule has 0 radical (unpaired) electrons. The van der Waals surface area contributed by atoms with E-state index in [4.69, 9.17) is 32.7 Å². The number of benzene rings is 3. The van der Waals surface area contributed by atoms with Gasteiger partial charge in [-0.2, -0.15) is 0 Å². The summed E-state index contributed by atoms with van der Waals surface area (Å²) in [6.45, 7) is 2.90. The maximum Gasteiger partial charge on any atom is 0.265 e. The highest BCUT2D eigenvalue weighted by atomic mass is 35.5. The van der Waals surface area contributed by atoms with Crippen molar-refractivity contribution in [1.29, 1.82) is 0 Å². The number of sulfonamides is 1. The van der Waals surface area contributed by atoms with Gasteiger partial charge in [-0.3, -0.25) is 19.4 Å². The number of anilines is 1. The van der Waals surface area contributed by atoms with Crippen molar-refractivity contribution in [3.8, 4) is 16.9 Å². The van der Waals surface area contributed by atoms with Gasteiger partial charge in [-0.25, -0.2) is 12.7 Å². The van der Waals surface area contributed by atoms with Crippen LogP contribution in [0.5, 0.6) is 5.75 Å². The Morgan fingerprint density at radius 1 is 0.932 bits per heavy atom. The van der Waals surface area contributed by atoms with Crippen LogP contribution in [0.1, 0.15) is 11.6 Å². The molecule has 0 spiro atoms. The van der Waals surface area contributed by atoms with Crippen LogP contribution in [0.3, 0.4) is 0 Å². The summed E-state index contributed by atoms with van der Waals surface area (Å²) in [5.74, 6) is -0.212. The number of carbonyl (C=O) groups is 2. The zero-order chi connectivity index (χ0) is 31.6. The molecule has 2 amide bonds. The number of ether oxygens (including phenoxy) is 2. The lowest BCUT2D eigenvalue weighted by Gasteiger charge is -2.37. The van der Waals surface area contributed by atoms with E-state index in [0.717, 1.165) is 29.8 Å². The number of nitrogens with zero attached hydrogens (tertiary/aromatic N) is 4. The molecule has 1 atom stereocenters. The Morgan fingerprint density at radius 2 is 1.52 bits per heavy atom. The van der Waals surface area contributed by atoms with Crippen molar-refractivity contribution < 1.29 is 27.5 Å². The molecule has 10 nitrogen and oxygen atoms in total. The molecule has 1 fully saturated rings. The fourth-order valence-electron chi connectivity index (χ4n) is 5.20. The van der Waals surface area contributed by atoms with Crippen LogP contribution in [0.2, 0.25) is 10.0 Å². The molecule has 1 saturated heterocycles. The summed E-state index contributed by atoms with van der Waals surface area (Å²) in [5.41, 5.74) is 3.10. The van der Waals surface area contributed by atoms with Gasteiger partial charge in [0.25, 0.3) is 5.91 Å². The number of rotatable bonds is 9. The van der Waals surface area contributed by atoms with Crippen molar-refractivity contribution in [3.05, 3.63) is 76.3 Å². The standard InChI is InChI=1S/C31H34Cl2N4O6S/c1-34(2)44(40,41)24-10-8-22(9-11-24)21-4-6-23(7-5-21)28(18-36-12-14-42-15-13-36)35(3)30(38)19-37-27-16-25(32)26(33)17-29(27)43-20-31(37)39/h4-11,16-17,28H,12-15,18-20H2,1-3H3. The molecule has 2 aliphatic rings. The van der Waals surface area contributed by atoms with Crippen LogP contribution in [-0.4, -0.2) is 101 Å². The van der Waals surface area contributed by atoms with Crippen LogP contribution in [-0.2, 0) is 24.3 Å². The number of likely N-dealkylation sites (N-methyl/N-ethyl adjacent to an activating group) is 1.